The van der Waals surface area contributed by atoms with Crippen LogP contribution in [-0.2, 0) is 19.0 Å². The van der Waals surface area contributed by atoms with Crippen LogP contribution < -0.4 is 0 Å². The van der Waals surface area contributed by atoms with Gasteiger partial charge in [0.15, 0.2) is 0 Å². The molecule has 1 rings (SSSR count). The standard InChI is InChI=1S/C14H14O6/c1-18-12(15)5-4-9-6-10(13(16)19-2)8-11(7-9)14(17)20-3/h4-8H,1-3H3/b5-4+. The van der Waals surface area contributed by atoms with E-state index in [1.54, 1.807) is 0 Å². The number of ether oxygens (including phenoxy) is 3. The monoisotopic (exact) mass is 278 g/mol. The predicted octanol–water partition coefficient (Wildman–Crippen LogP) is 1.45. The zero-order valence-electron chi connectivity index (χ0n) is 11.3. The lowest BCUT2D eigenvalue weighted by molar-refractivity contribution is -0.134. The summed E-state index contributed by atoms with van der Waals surface area (Å²) in [6.45, 7) is 0. The minimum Gasteiger partial charge on any atom is -0.466 e. The second kappa shape index (κ2) is 7.08. The second-order valence-corrected chi connectivity index (χ2v) is 3.68. The van der Waals surface area contributed by atoms with E-state index >= 15 is 0 Å². The second-order valence-electron chi connectivity index (χ2n) is 3.68. The van der Waals surface area contributed by atoms with Gasteiger partial charge in [0.25, 0.3) is 0 Å². The van der Waals surface area contributed by atoms with Crippen molar-refractivity contribution in [3.05, 3.63) is 41.0 Å². The minimum absolute atomic E-state index is 0.180. The Balaban J connectivity index is 3.23. The molecule has 6 heteroatoms. The van der Waals surface area contributed by atoms with Crippen molar-refractivity contribution in [3.8, 4) is 0 Å². The average molecular weight is 278 g/mol. The fraction of sp³-hybridized carbons (Fsp3) is 0.214. The molecule has 0 heterocycles. The molecule has 0 saturated heterocycles. The number of esters is 3. The Morgan fingerprint density at radius 3 is 1.75 bits per heavy atom. The van der Waals surface area contributed by atoms with Crippen LogP contribution in [0.25, 0.3) is 6.08 Å². The van der Waals surface area contributed by atoms with E-state index in [-0.39, 0.29) is 11.1 Å². The first kappa shape index (κ1) is 15.4. The van der Waals surface area contributed by atoms with Gasteiger partial charge in [-0.05, 0) is 29.8 Å². The van der Waals surface area contributed by atoms with Crippen LogP contribution in [0.5, 0.6) is 0 Å². The number of rotatable bonds is 4. The van der Waals surface area contributed by atoms with Crippen LogP contribution in [0.1, 0.15) is 26.3 Å². The minimum atomic E-state index is -0.594. The largest absolute Gasteiger partial charge is 0.466 e. The number of hydrogen-bond donors (Lipinski definition) is 0. The Labute approximate surface area is 115 Å². The SMILES string of the molecule is COC(=O)/C=C/c1cc(C(=O)OC)cc(C(=O)OC)c1. The first-order valence-electron chi connectivity index (χ1n) is 5.59. The first-order chi connectivity index (χ1) is 9.51. The number of carbonyl (C=O) groups excluding carboxylic acids is 3. The van der Waals surface area contributed by atoms with Gasteiger partial charge in [-0.15, -0.1) is 0 Å². The maximum Gasteiger partial charge on any atom is 0.337 e. The van der Waals surface area contributed by atoms with Crippen molar-refractivity contribution in [3.63, 3.8) is 0 Å². The molecule has 1 aromatic carbocycles. The topological polar surface area (TPSA) is 78.9 Å². The van der Waals surface area contributed by atoms with Crippen LogP contribution >= 0.6 is 0 Å². The molecule has 0 aromatic heterocycles. The summed E-state index contributed by atoms with van der Waals surface area (Å²) in [5, 5.41) is 0. The highest BCUT2D eigenvalue weighted by Crippen LogP contribution is 2.14. The highest BCUT2D eigenvalue weighted by molar-refractivity contribution is 5.97. The van der Waals surface area contributed by atoms with Crippen LogP contribution in [0, 0.1) is 0 Å². The van der Waals surface area contributed by atoms with Crippen molar-refractivity contribution in [2.75, 3.05) is 21.3 Å². The molecular weight excluding hydrogens is 264 g/mol. The molecule has 0 bridgehead atoms. The summed E-state index contributed by atoms with van der Waals surface area (Å²) in [7, 11) is 3.71. The maximum atomic E-state index is 11.5. The van der Waals surface area contributed by atoms with E-state index in [9.17, 15) is 14.4 Å². The van der Waals surface area contributed by atoms with Gasteiger partial charge in [-0.3, -0.25) is 0 Å². The lowest BCUT2D eigenvalue weighted by Crippen LogP contribution is -2.07. The van der Waals surface area contributed by atoms with Crippen molar-refractivity contribution in [1.29, 1.82) is 0 Å². The van der Waals surface area contributed by atoms with E-state index in [1.165, 1.54) is 51.7 Å². The van der Waals surface area contributed by atoms with Gasteiger partial charge in [-0.1, -0.05) is 0 Å². The van der Waals surface area contributed by atoms with Gasteiger partial charge in [0, 0.05) is 6.08 Å². The molecule has 1 aromatic rings. The number of methoxy groups -OCH3 is 3. The van der Waals surface area contributed by atoms with E-state index < -0.39 is 17.9 Å². The summed E-state index contributed by atoms with van der Waals surface area (Å²) in [6.07, 6.45) is 2.60. The van der Waals surface area contributed by atoms with Gasteiger partial charge < -0.3 is 14.2 Å². The fourth-order valence-corrected chi connectivity index (χ4v) is 1.45. The van der Waals surface area contributed by atoms with Crippen LogP contribution in [0.15, 0.2) is 24.3 Å². The quantitative estimate of drug-likeness (QED) is 0.471. The summed E-state index contributed by atoms with van der Waals surface area (Å²) in [5.74, 6) is -1.74. The molecule has 0 saturated carbocycles. The van der Waals surface area contributed by atoms with Crippen LogP contribution in [-0.4, -0.2) is 39.2 Å². The summed E-state index contributed by atoms with van der Waals surface area (Å²) in [6, 6.07) is 4.32. The summed E-state index contributed by atoms with van der Waals surface area (Å²) in [5.41, 5.74) is 0.832. The summed E-state index contributed by atoms with van der Waals surface area (Å²) in [4.78, 5) is 34.1. The molecule has 0 fully saturated rings. The van der Waals surface area contributed by atoms with Gasteiger partial charge in [-0.2, -0.15) is 0 Å². The van der Waals surface area contributed by atoms with E-state index in [4.69, 9.17) is 0 Å². The van der Waals surface area contributed by atoms with Gasteiger partial charge in [-0.25, -0.2) is 14.4 Å². The van der Waals surface area contributed by atoms with Crippen molar-refractivity contribution in [2.24, 2.45) is 0 Å². The molecule has 0 aliphatic heterocycles. The first-order valence-corrected chi connectivity index (χ1v) is 5.59. The number of carbonyl (C=O) groups is 3. The zero-order valence-corrected chi connectivity index (χ0v) is 11.3. The van der Waals surface area contributed by atoms with E-state index in [0.717, 1.165) is 0 Å². The van der Waals surface area contributed by atoms with Crippen LogP contribution in [0.4, 0.5) is 0 Å². The third-order valence-electron chi connectivity index (χ3n) is 2.41. The Kier molecular flexibility index (Phi) is 5.46. The van der Waals surface area contributed by atoms with Gasteiger partial charge in [0.05, 0.1) is 32.5 Å². The molecule has 0 unspecified atom stereocenters. The van der Waals surface area contributed by atoms with E-state index in [2.05, 4.69) is 14.2 Å². The average Bonchev–Trinajstić information content (AvgIpc) is 2.50. The lowest BCUT2D eigenvalue weighted by Gasteiger charge is -2.05. The molecule has 106 valence electrons. The van der Waals surface area contributed by atoms with Gasteiger partial charge >= 0.3 is 17.9 Å². The molecule has 0 atom stereocenters. The van der Waals surface area contributed by atoms with Crippen molar-refractivity contribution >= 4 is 24.0 Å². The lowest BCUT2D eigenvalue weighted by atomic mass is 10.1. The predicted molar refractivity (Wildman–Crippen MR) is 70.2 cm³/mol. The smallest absolute Gasteiger partial charge is 0.337 e. The molecule has 0 aliphatic rings. The number of benzene rings is 1. The Bertz CT molecular complexity index is 525. The molecule has 0 radical (unpaired) electrons. The Morgan fingerprint density at radius 1 is 0.850 bits per heavy atom. The summed E-state index contributed by atoms with van der Waals surface area (Å²) >= 11 is 0. The molecule has 0 amide bonds. The highest BCUT2D eigenvalue weighted by Gasteiger charge is 2.13. The van der Waals surface area contributed by atoms with E-state index in [1.807, 2.05) is 0 Å². The molecule has 0 spiro atoms. The Hall–Kier alpha value is -2.63. The van der Waals surface area contributed by atoms with E-state index in [0.29, 0.717) is 5.56 Å². The molecule has 20 heavy (non-hydrogen) atoms. The number of hydrogen-bond acceptors (Lipinski definition) is 6. The molecular formula is C14H14O6. The maximum absolute atomic E-state index is 11.5. The molecule has 0 aliphatic carbocycles. The van der Waals surface area contributed by atoms with Gasteiger partial charge in [0.2, 0.25) is 0 Å². The fourth-order valence-electron chi connectivity index (χ4n) is 1.45. The van der Waals surface area contributed by atoms with Crippen LogP contribution in [0.3, 0.4) is 0 Å². The Morgan fingerprint density at radius 2 is 1.35 bits per heavy atom. The van der Waals surface area contributed by atoms with Crippen molar-refractivity contribution in [2.45, 2.75) is 0 Å². The third-order valence-corrected chi connectivity index (χ3v) is 2.41. The zero-order chi connectivity index (χ0) is 15.1. The van der Waals surface area contributed by atoms with Crippen LogP contribution in [0.2, 0.25) is 0 Å². The molecule has 6 nitrogen and oxygen atoms in total. The normalized spacial score (nSPS) is 10.2. The highest BCUT2D eigenvalue weighted by atomic mass is 16.5. The van der Waals surface area contributed by atoms with Gasteiger partial charge in [0.1, 0.15) is 0 Å². The molecule has 0 N–H and O–H groups in total. The summed E-state index contributed by atoms with van der Waals surface area (Å²) < 4.78 is 13.7. The third kappa shape index (κ3) is 3.94. The van der Waals surface area contributed by atoms with Crippen molar-refractivity contribution in [1.82, 2.24) is 0 Å². The van der Waals surface area contributed by atoms with Crippen molar-refractivity contribution < 1.29 is 28.6 Å².